The molecule has 25 heavy (non-hydrogen) atoms. The van der Waals surface area contributed by atoms with E-state index in [1.165, 1.54) is 41.4 Å². The van der Waals surface area contributed by atoms with Crippen LogP contribution in [0.1, 0.15) is 63.3 Å². The molecular weight excluding hydrogens is 310 g/mol. The van der Waals surface area contributed by atoms with Gasteiger partial charge in [-0.2, -0.15) is 0 Å². The van der Waals surface area contributed by atoms with Gasteiger partial charge in [0, 0.05) is 29.2 Å². The number of carbonyl (C=O) groups excluding carboxylic acids is 1. The van der Waals surface area contributed by atoms with E-state index in [2.05, 4.69) is 53.3 Å². The topological polar surface area (TPSA) is 48.1 Å². The molecule has 134 valence electrons. The molecule has 4 heteroatoms. The summed E-state index contributed by atoms with van der Waals surface area (Å²) in [7, 11) is 0. The molecule has 2 N–H and O–H groups in total. The molecule has 1 aliphatic carbocycles. The number of para-hydroxylation sites is 1. The molecule has 1 aliphatic heterocycles. The second-order valence-electron chi connectivity index (χ2n) is 7.98. The molecule has 2 aliphatic rings. The molecule has 4 rings (SSSR count). The zero-order chi connectivity index (χ0) is 17.4. The number of hydrogen-bond acceptors (Lipinski definition) is 1. The van der Waals surface area contributed by atoms with Crippen LogP contribution in [-0.4, -0.2) is 28.5 Å². The largest absolute Gasteiger partial charge is 0.356 e. The van der Waals surface area contributed by atoms with Gasteiger partial charge in [-0.05, 0) is 36.8 Å². The Labute approximate surface area is 150 Å². The van der Waals surface area contributed by atoms with E-state index in [-0.39, 0.29) is 12.1 Å². The van der Waals surface area contributed by atoms with Gasteiger partial charge in [0.25, 0.3) is 0 Å². The molecule has 2 amide bonds. The Morgan fingerprint density at radius 1 is 1.20 bits per heavy atom. The monoisotopic (exact) mass is 339 g/mol. The number of benzene rings is 1. The van der Waals surface area contributed by atoms with Crippen LogP contribution in [0.5, 0.6) is 0 Å². The molecule has 1 atom stereocenters. The Morgan fingerprint density at radius 3 is 2.72 bits per heavy atom. The Bertz CT molecular complexity index is 758. The van der Waals surface area contributed by atoms with E-state index >= 15 is 0 Å². The number of aromatic nitrogens is 1. The van der Waals surface area contributed by atoms with Crippen LogP contribution in [0.25, 0.3) is 10.9 Å². The summed E-state index contributed by atoms with van der Waals surface area (Å²) in [6.45, 7) is 5.23. The van der Waals surface area contributed by atoms with Gasteiger partial charge in [0.2, 0.25) is 0 Å². The highest BCUT2D eigenvalue weighted by Gasteiger charge is 2.35. The van der Waals surface area contributed by atoms with E-state index in [4.69, 9.17) is 0 Å². The fourth-order valence-electron chi connectivity index (χ4n) is 4.70. The lowest BCUT2D eigenvalue weighted by Gasteiger charge is -2.39. The number of aromatic amines is 1. The number of carbonyl (C=O) groups is 1. The normalized spacial score (nSPS) is 21.6. The van der Waals surface area contributed by atoms with E-state index in [9.17, 15) is 4.79 Å². The molecule has 1 aromatic heterocycles. The van der Waals surface area contributed by atoms with Crippen molar-refractivity contribution in [2.45, 2.75) is 64.5 Å². The molecule has 1 unspecified atom stereocenters. The summed E-state index contributed by atoms with van der Waals surface area (Å²) in [5, 5.41) is 4.63. The van der Waals surface area contributed by atoms with Gasteiger partial charge in [-0.15, -0.1) is 0 Å². The van der Waals surface area contributed by atoms with Crippen LogP contribution in [0.2, 0.25) is 0 Å². The highest BCUT2D eigenvalue weighted by atomic mass is 16.2. The van der Waals surface area contributed by atoms with Crippen molar-refractivity contribution in [2.75, 3.05) is 6.54 Å². The third-order valence-electron chi connectivity index (χ3n) is 5.91. The third-order valence-corrected chi connectivity index (χ3v) is 5.91. The van der Waals surface area contributed by atoms with Gasteiger partial charge >= 0.3 is 6.03 Å². The summed E-state index contributed by atoms with van der Waals surface area (Å²) in [5.41, 5.74) is 3.82. The van der Waals surface area contributed by atoms with Gasteiger partial charge in [-0.25, -0.2) is 4.79 Å². The Balaban J connectivity index is 1.62. The van der Waals surface area contributed by atoms with E-state index in [0.717, 1.165) is 25.8 Å². The molecule has 0 bridgehead atoms. The van der Waals surface area contributed by atoms with Crippen molar-refractivity contribution in [2.24, 2.45) is 5.92 Å². The second kappa shape index (κ2) is 6.74. The van der Waals surface area contributed by atoms with Gasteiger partial charge < -0.3 is 15.2 Å². The molecular formula is C21H29N3O. The Kier molecular flexibility index (Phi) is 4.45. The van der Waals surface area contributed by atoms with Crippen molar-refractivity contribution in [3.8, 4) is 0 Å². The van der Waals surface area contributed by atoms with E-state index in [1.807, 2.05) is 0 Å². The lowest BCUT2D eigenvalue weighted by atomic mass is 9.90. The third kappa shape index (κ3) is 3.03. The predicted molar refractivity (Wildman–Crippen MR) is 102 cm³/mol. The maximum absolute atomic E-state index is 13.0. The number of amides is 2. The summed E-state index contributed by atoms with van der Waals surface area (Å²) in [6, 6.07) is 9.11. The highest BCUT2D eigenvalue weighted by molar-refractivity contribution is 5.86. The quantitative estimate of drug-likeness (QED) is 0.814. The van der Waals surface area contributed by atoms with E-state index in [0.29, 0.717) is 12.0 Å². The SMILES string of the molecule is CC(C)C1c2[nH]c3ccccc3c2CCN1C(=O)NC1CCCCC1. The van der Waals surface area contributed by atoms with E-state index in [1.54, 1.807) is 0 Å². The zero-order valence-electron chi connectivity index (χ0n) is 15.3. The number of fused-ring (bicyclic) bond motifs is 3. The predicted octanol–water partition coefficient (Wildman–Crippen LogP) is 4.77. The minimum absolute atomic E-state index is 0.120. The Morgan fingerprint density at radius 2 is 1.96 bits per heavy atom. The lowest BCUT2D eigenvalue weighted by molar-refractivity contribution is 0.141. The lowest BCUT2D eigenvalue weighted by Crippen LogP contribution is -2.50. The van der Waals surface area contributed by atoms with Crippen molar-refractivity contribution in [1.82, 2.24) is 15.2 Å². The molecule has 2 heterocycles. The highest BCUT2D eigenvalue weighted by Crippen LogP contribution is 2.38. The van der Waals surface area contributed by atoms with Crippen LogP contribution in [0.4, 0.5) is 4.79 Å². The minimum atomic E-state index is 0.120. The first kappa shape index (κ1) is 16.5. The molecule has 0 spiro atoms. The van der Waals surface area contributed by atoms with Crippen molar-refractivity contribution >= 4 is 16.9 Å². The van der Waals surface area contributed by atoms with Crippen molar-refractivity contribution < 1.29 is 4.79 Å². The molecule has 2 aromatic rings. The number of urea groups is 1. The summed E-state index contributed by atoms with van der Waals surface area (Å²) in [5.74, 6) is 0.379. The zero-order valence-corrected chi connectivity index (χ0v) is 15.3. The summed E-state index contributed by atoms with van der Waals surface area (Å²) in [6.07, 6.45) is 6.98. The van der Waals surface area contributed by atoms with Crippen LogP contribution >= 0.6 is 0 Å². The standard InChI is InChI=1S/C21H29N3O/c1-14(2)20-19-17(16-10-6-7-11-18(16)23-19)12-13-24(20)21(25)22-15-8-4-3-5-9-15/h6-7,10-11,14-15,20,23H,3-5,8-9,12-13H2,1-2H3,(H,22,25). The van der Waals surface area contributed by atoms with Gasteiger partial charge in [0.15, 0.2) is 0 Å². The van der Waals surface area contributed by atoms with Crippen LogP contribution in [0.3, 0.4) is 0 Å². The number of nitrogens with zero attached hydrogens (tertiary/aromatic N) is 1. The number of rotatable bonds is 2. The first-order valence-corrected chi connectivity index (χ1v) is 9.81. The molecule has 1 aromatic carbocycles. The average Bonchev–Trinajstić information content (AvgIpc) is 3.00. The fraction of sp³-hybridized carbons (Fsp3) is 0.571. The molecule has 1 saturated carbocycles. The van der Waals surface area contributed by atoms with E-state index < -0.39 is 0 Å². The number of hydrogen-bond donors (Lipinski definition) is 2. The van der Waals surface area contributed by atoms with Crippen LogP contribution < -0.4 is 5.32 Å². The maximum Gasteiger partial charge on any atom is 0.318 e. The molecule has 0 radical (unpaired) electrons. The van der Waals surface area contributed by atoms with Gasteiger partial charge in [0.05, 0.1) is 6.04 Å². The van der Waals surface area contributed by atoms with Crippen molar-refractivity contribution in [3.05, 3.63) is 35.5 Å². The van der Waals surface area contributed by atoms with Crippen LogP contribution in [-0.2, 0) is 6.42 Å². The molecule has 1 fully saturated rings. The smallest absolute Gasteiger partial charge is 0.318 e. The maximum atomic E-state index is 13.0. The summed E-state index contributed by atoms with van der Waals surface area (Å²) in [4.78, 5) is 18.7. The fourth-order valence-corrected chi connectivity index (χ4v) is 4.70. The van der Waals surface area contributed by atoms with Gasteiger partial charge in [0.1, 0.15) is 0 Å². The Hall–Kier alpha value is -1.97. The van der Waals surface area contributed by atoms with Crippen LogP contribution in [0.15, 0.2) is 24.3 Å². The molecule has 4 nitrogen and oxygen atoms in total. The summed E-state index contributed by atoms with van der Waals surface area (Å²) < 4.78 is 0. The minimum Gasteiger partial charge on any atom is -0.356 e. The average molecular weight is 339 g/mol. The first-order valence-electron chi connectivity index (χ1n) is 9.81. The van der Waals surface area contributed by atoms with Crippen molar-refractivity contribution in [1.29, 1.82) is 0 Å². The second-order valence-corrected chi connectivity index (χ2v) is 7.98. The summed E-state index contributed by atoms with van der Waals surface area (Å²) >= 11 is 0. The van der Waals surface area contributed by atoms with Gasteiger partial charge in [-0.1, -0.05) is 51.3 Å². The van der Waals surface area contributed by atoms with Crippen LogP contribution in [0, 0.1) is 5.92 Å². The first-order chi connectivity index (χ1) is 12.1. The van der Waals surface area contributed by atoms with Crippen molar-refractivity contribution in [3.63, 3.8) is 0 Å². The van der Waals surface area contributed by atoms with Gasteiger partial charge in [-0.3, -0.25) is 0 Å². The number of nitrogens with one attached hydrogen (secondary N) is 2. The molecule has 0 saturated heterocycles. The number of H-pyrrole nitrogens is 1.